The van der Waals surface area contributed by atoms with Crippen LogP contribution in [0.15, 0.2) is 59.6 Å². The minimum Gasteiger partial charge on any atom is -0.497 e. The lowest BCUT2D eigenvalue weighted by Gasteiger charge is -1.98. The molecular formula is C16H14N2O3. The maximum absolute atomic E-state index is 10.5. The van der Waals surface area contributed by atoms with Crippen molar-refractivity contribution in [3.63, 3.8) is 0 Å². The second-order valence-electron chi connectivity index (χ2n) is 4.18. The summed E-state index contributed by atoms with van der Waals surface area (Å²) in [5.41, 5.74) is 1.76. The molecule has 0 radical (unpaired) electrons. The molecule has 0 aliphatic carbocycles. The highest BCUT2D eigenvalue weighted by Crippen LogP contribution is 2.17. The highest BCUT2D eigenvalue weighted by Gasteiger charge is 2.02. The Morgan fingerprint density at radius 1 is 1.10 bits per heavy atom. The number of benzene rings is 2. The number of ether oxygens (including phenoxy) is 1. The van der Waals surface area contributed by atoms with Gasteiger partial charge in [0.2, 0.25) is 0 Å². The van der Waals surface area contributed by atoms with Gasteiger partial charge in [-0.3, -0.25) is 15.1 Å². The van der Waals surface area contributed by atoms with E-state index in [2.05, 4.69) is 4.99 Å². The number of non-ortho nitro benzene ring substituents is 1. The Morgan fingerprint density at radius 2 is 1.76 bits per heavy atom. The summed E-state index contributed by atoms with van der Waals surface area (Å²) >= 11 is 0. The molecule has 0 bridgehead atoms. The molecule has 0 saturated carbocycles. The van der Waals surface area contributed by atoms with Gasteiger partial charge >= 0.3 is 0 Å². The van der Waals surface area contributed by atoms with Crippen LogP contribution in [0.25, 0.3) is 6.08 Å². The molecule has 21 heavy (non-hydrogen) atoms. The third-order valence-corrected chi connectivity index (χ3v) is 2.77. The Hall–Kier alpha value is -2.95. The van der Waals surface area contributed by atoms with Crippen LogP contribution in [0.4, 0.5) is 11.4 Å². The standard InChI is InChI=1S/C16H14N2O3/c1-21-16-10-4-13(5-11-16)3-2-12-17-14-6-8-15(9-7-14)18(19)20/h2-12H,1H3. The number of hydrogen-bond acceptors (Lipinski definition) is 4. The minimum atomic E-state index is -0.433. The van der Waals surface area contributed by atoms with Crippen molar-refractivity contribution in [3.05, 3.63) is 70.3 Å². The fraction of sp³-hybridized carbons (Fsp3) is 0.0625. The van der Waals surface area contributed by atoms with Crippen molar-refractivity contribution in [1.82, 2.24) is 0 Å². The lowest BCUT2D eigenvalue weighted by molar-refractivity contribution is -0.384. The summed E-state index contributed by atoms with van der Waals surface area (Å²) in [6.45, 7) is 0. The summed E-state index contributed by atoms with van der Waals surface area (Å²) in [6, 6.07) is 13.7. The van der Waals surface area contributed by atoms with Gasteiger partial charge in [0.25, 0.3) is 5.69 Å². The first kappa shape index (κ1) is 14.5. The molecule has 5 nitrogen and oxygen atoms in total. The zero-order chi connectivity index (χ0) is 15.1. The molecule has 5 heteroatoms. The lowest BCUT2D eigenvalue weighted by Crippen LogP contribution is -1.85. The molecule has 0 N–H and O–H groups in total. The summed E-state index contributed by atoms with van der Waals surface area (Å²) in [6.07, 6.45) is 5.36. The molecule has 2 rings (SSSR count). The van der Waals surface area contributed by atoms with Crippen molar-refractivity contribution in [2.75, 3.05) is 7.11 Å². The van der Waals surface area contributed by atoms with Crippen LogP contribution >= 0.6 is 0 Å². The summed E-state index contributed by atoms with van der Waals surface area (Å²) in [4.78, 5) is 14.3. The molecule has 0 saturated heterocycles. The SMILES string of the molecule is COc1ccc(C=CC=Nc2ccc([N+](=O)[O-])cc2)cc1. The van der Waals surface area contributed by atoms with E-state index in [9.17, 15) is 10.1 Å². The first-order valence-corrected chi connectivity index (χ1v) is 6.28. The number of nitrogens with zero attached hydrogens (tertiary/aromatic N) is 2. The normalized spacial score (nSPS) is 11.1. The van der Waals surface area contributed by atoms with Crippen LogP contribution in [-0.4, -0.2) is 18.2 Å². The van der Waals surface area contributed by atoms with E-state index in [1.165, 1.54) is 12.1 Å². The third kappa shape index (κ3) is 4.28. The van der Waals surface area contributed by atoms with Gasteiger partial charge in [0, 0.05) is 18.3 Å². The first-order chi connectivity index (χ1) is 10.2. The smallest absolute Gasteiger partial charge is 0.269 e. The molecule has 0 aliphatic rings. The second kappa shape index (κ2) is 7.00. The average Bonchev–Trinajstić information content (AvgIpc) is 2.52. The Balaban J connectivity index is 1.97. The molecule has 0 atom stereocenters. The third-order valence-electron chi connectivity index (χ3n) is 2.77. The van der Waals surface area contributed by atoms with Crippen LogP contribution in [-0.2, 0) is 0 Å². The Kier molecular flexibility index (Phi) is 4.82. The number of nitro groups is 1. The molecule has 0 amide bonds. The molecule has 2 aromatic carbocycles. The Labute approximate surface area is 122 Å². The summed E-state index contributed by atoms with van der Waals surface area (Å²) in [7, 11) is 1.63. The van der Waals surface area contributed by atoms with Crippen LogP contribution in [0.3, 0.4) is 0 Å². The molecule has 0 unspecified atom stereocenters. The highest BCUT2D eigenvalue weighted by atomic mass is 16.6. The maximum Gasteiger partial charge on any atom is 0.269 e. The highest BCUT2D eigenvalue weighted by molar-refractivity contribution is 5.80. The largest absolute Gasteiger partial charge is 0.497 e. The van der Waals surface area contributed by atoms with Gasteiger partial charge in [-0.15, -0.1) is 0 Å². The van der Waals surface area contributed by atoms with Crippen molar-refractivity contribution in [2.45, 2.75) is 0 Å². The zero-order valence-corrected chi connectivity index (χ0v) is 11.5. The number of nitro benzene ring substituents is 1. The van der Waals surface area contributed by atoms with Crippen molar-refractivity contribution < 1.29 is 9.66 Å². The quantitative estimate of drug-likeness (QED) is 0.472. The van der Waals surface area contributed by atoms with Crippen LogP contribution in [0.1, 0.15) is 5.56 Å². The monoisotopic (exact) mass is 282 g/mol. The number of aliphatic imine (C=N–C) groups is 1. The topological polar surface area (TPSA) is 64.7 Å². The number of allylic oxidation sites excluding steroid dienone is 1. The van der Waals surface area contributed by atoms with Gasteiger partial charge in [-0.2, -0.15) is 0 Å². The van der Waals surface area contributed by atoms with Crippen LogP contribution in [0.5, 0.6) is 5.75 Å². The van der Waals surface area contributed by atoms with E-state index < -0.39 is 4.92 Å². The van der Waals surface area contributed by atoms with E-state index in [1.807, 2.05) is 36.4 Å². The molecule has 0 aromatic heterocycles. The van der Waals surface area contributed by atoms with Crippen molar-refractivity contribution in [1.29, 1.82) is 0 Å². The van der Waals surface area contributed by atoms with Gasteiger partial charge in [-0.05, 0) is 35.9 Å². The molecule has 0 spiro atoms. The van der Waals surface area contributed by atoms with E-state index >= 15 is 0 Å². The number of methoxy groups -OCH3 is 1. The van der Waals surface area contributed by atoms with Crippen molar-refractivity contribution in [2.24, 2.45) is 4.99 Å². The van der Waals surface area contributed by atoms with E-state index in [0.717, 1.165) is 11.3 Å². The van der Waals surface area contributed by atoms with Crippen molar-refractivity contribution in [3.8, 4) is 5.75 Å². The summed E-state index contributed by atoms with van der Waals surface area (Å²) in [5.74, 6) is 0.812. The van der Waals surface area contributed by atoms with Gasteiger partial charge < -0.3 is 4.74 Å². The van der Waals surface area contributed by atoms with Crippen molar-refractivity contribution >= 4 is 23.7 Å². The Morgan fingerprint density at radius 3 is 2.33 bits per heavy atom. The second-order valence-corrected chi connectivity index (χ2v) is 4.18. The zero-order valence-electron chi connectivity index (χ0n) is 11.5. The maximum atomic E-state index is 10.5. The van der Waals surface area contributed by atoms with Gasteiger partial charge in [0.1, 0.15) is 5.75 Å². The predicted molar refractivity (Wildman–Crippen MR) is 83.3 cm³/mol. The van der Waals surface area contributed by atoms with Gasteiger partial charge in [-0.25, -0.2) is 0 Å². The molecule has 2 aromatic rings. The molecule has 0 fully saturated rings. The van der Waals surface area contributed by atoms with E-state index in [-0.39, 0.29) is 5.69 Å². The fourth-order valence-electron chi connectivity index (χ4n) is 1.66. The number of rotatable bonds is 5. The van der Waals surface area contributed by atoms with Gasteiger partial charge in [-0.1, -0.05) is 18.2 Å². The predicted octanol–water partition coefficient (Wildman–Crippen LogP) is 4.02. The van der Waals surface area contributed by atoms with Crippen LogP contribution in [0.2, 0.25) is 0 Å². The minimum absolute atomic E-state index is 0.0581. The Bertz CT molecular complexity index is 659. The summed E-state index contributed by atoms with van der Waals surface area (Å²) in [5, 5.41) is 10.5. The van der Waals surface area contributed by atoms with E-state index in [1.54, 1.807) is 25.5 Å². The van der Waals surface area contributed by atoms with Crippen LogP contribution in [0, 0.1) is 10.1 Å². The molecule has 106 valence electrons. The lowest BCUT2D eigenvalue weighted by atomic mass is 10.2. The molecule has 0 heterocycles. The number of hydrogen-bond donors (Lipinski definition) is 0. The fourth-order valence-corrected chi connectivity index (χ4v) is 1.66. The van der Waals surface area contributed by atoms with Gasteiger partial charge in [0.05, 0.1) is 17.7 Å². The van der Waals surface area contributed by atoms with E-state index in [0.29, 0.717) is 5.69 Å². The van der Waals surface area contributed by atoms with Gasteiger partial charge in [0.15, 0.2) is 0 Å². The summed E-state index contributed by atoms with van der Waals surface area (Å²) < 4.78 is 5.08. The van der Waals surface area contributed by atoms with Crippen LogP contribution < -0.4 is 4.74 Å². The van der Waals surface area contributed by atoms with E-state index in [4.69, 9.17) is 4.74 Å². The molecule has 0 aliphatic heterocycles. The molecular weight excluding hydrogens is 268 g/mol. The first-order valence-electron chi connectivity index (χ1n) is 6.28. The average molecular weight is 282 g/mol.